The molecule has 1 aliphatic carbocycles. The lowest BCUT2D eigenvalue weighted by molar-refractivity contribution is 0.0278. The summed E-state index contributed by atoms with van der Waals surface area (Å²) in [5.74, 6) is 0. The van der Waals surface area contributed by atoms with Crippen molar-refractivity contribution in [3.8, 4) is 0 Å². The Kier molecular flexibility index (Phi) is 3.76. The number of rotatable bonds is 5. The number of hydrogen-bond acceptors (Lipinski definition) is 3. The van der Waals surface area contributed by atoms with Crippen LogP contribution in [0.15, 0.2) is 24.3 Å². The Morgan fingerprint density at radius 2 is 2.00 bits per heavy atom. The maximum absolute atomic E-state index is 6.06. The molecule has 19 heavy (non-hydrogen) atoms. The first kappa shape index (κ1) is 12.9. The maximum atomic E-state index is 6.06. The molecule has 1 aliphatic heterocycles. The Morgan fingerprint density at radius 1 is 1.21 bits per heavy atom. The third-order valence-electron chi connectivity index (χ3n) is 4.25. The Balaban J connectivity index is 1.63. The topological polar surface area (TPSA) is 38.5 Å². The Bertz CT molecular complexity index is 431. The van der Waals surface area contributed by atoms with Gasteiger partial charge in [0, 0.05) is 24.8 Å². The molecule has 1 heterocycles. The van der Waals surface area contributed by atoms with Crippen molar-refractivity contribution in [3.05, 3.63) is 29.8 Å². The Morgan fingerprint density at radius 3 is 2.63 bits per heavy atom. The van der Waals surface area contributed by atoms with Crippen LogP contribution in [0, 0.1) is 0 Å². The molecule has 2 fully saturated rings. The fraction of sp³-hybridized carbons (Fsp3) is 0.625. The van der Waals surface area contributed by atoms with Crippen LogP contribution in [0.25, 0.3) is 0 Å². The summed E-state index contributed by atoms with van der Waals surface area (Å²) >= 11 is 0. The minimum atomic E-state index is 0.417. The molecular formula is C16H24N2O. The zero-order chi connectivity index (χ0) is 13.2. The fourth-order valence-corrected chi connectivity index (χ4v) is 2.96. The van der Waals surface area contributed by atoms with E-state index >= 15 is 0 Å². The van der Waals surface area contributed by atoms with Crippen LogP contribution in [0.5, 0.6) is 0 Å². The van der Waals surface area contributed by atoms with Crippen molar-refractivity contribution in [3.63, 3.8) is 0 Å². The van der Waals surface area contributed by atoms with Crippen molar-refractivity contribution in [2.75, 3.05) is 12.3 Å². The molecule has 0 amide bonds. The molecular weight excluding hydrogens is 236 g/mol. The molecule has 1 aromatic carbocycles. The van der Waals surface area contributed by atoms with Crippen molar-refractivity contribution in [1.29, 1.82) is 0 Å². The average Bonchev–Trinajstić information content (AvgIpc) is 3.16. The lowest BCUT2D eigenvalue weighted by atomic mass is 10.1. The van der Waals surface area contributed by atoms with Crippen LogP contribution in [-0.4, -0.2) is 29.7 Å². The number of benzene rings is 1. The summed E-state index contributed by atoms with van der Waals surface area (Å²) in [5, 5.41) is 0. The number of anilines is 1. The van der Waals surface area contributed by atoms with Gasteiger partial charge in [-0.15, -0.1) is 0 Å². The molecule has 2 atom stereocenters. The van der Waals surface area contributed by atoms with Crippen LogP contribution >= 0.6 is 0 Å². The van der Waals surface area contributed by atoms with E-state index in [4.69, 9.17) is 10.5 Å². The third-order valence-corrected chi connectivity index (χ3v) is 4.25. The number of nitrogen functional groups attached to an aromatic ring is 1. The predicted molar refractivity (Wildman–Crippen MR) is 77.9 cm³/mol. The van der Waals surface area contributed by atoms with Crippen LogP contribution in [0.3, 0.4) is 0 Å². The molecule has 1 saturated carbocycles. The van der Waals surface area contributed by atoms with E-state index in [-0.39, 0.29) is 0 Å². The summed E-state index contributed by atoms with van der Waals surface area (Å²) in [6.45, 7) is 4.20. The number of nitrogens with zero attached hydrogens (tertiary/aromatic N) is 1. The van der Waals surface area contributed by atoms with Crippen molar-refractivity contribution >= 4 is 5.69 Å². The van der Waals surface area contributed by atoms with Crippen molar-refractivity contribution in [2.24, 2.45) is 0 Å². The van der Waals surface area contributed by atoms with Gasteiger partial charge in [-0.1, -0.05) is 18.2 Å². The minimum absolute atomic E-state index is 0.417. The van der Waals surface area contributed by atoms with Crippen molar-refractivity contribution in [1.82, 2.24) is 4.90 Å². The molecule has 0 spiro atoms. The van der Waals surface area contributed by atoms with E-state index in [9.17, 15) is 0 Å². The van der Waals surface area contributed by atoms with E-state index < -0.39 is 0 Å². The Hall–Kier alpha value is -1.06. The van der Waals surface area contributed by atoms with E-state index in [1.54, 1.807) is 0 Å². The van der Waals surface area contributed by atoms with E-state index in [0.717, 1.165) is 24.8 Å². The van der Waals surface area contributed by atoms with Gasteiger partial charge in [-0.3, -0.25) is 4.90 Å². The monoisotopic (exact) mass is 260 g/mol. The number of ether oxygens (including phenoxy) is 1. The summed E-state index contributed by atoms with van der Waals surface area (Å²) in [6.07, 6.45) is 5.92. The molecule has 2 aliphatic rings. The summed E-state index contributed by atoms with van der Waals surface area (Å²) < 4.78 is 5.96. The highest BCUT2D eigenvalue weighted by atomic mass is 16.5. The summed E-state index contributed by atoms with van der Waals surface area (Å²) in [6, 6.07) is 8.96. The van der Waals surface area contributed by atoms with Crippen molar-refractivity contribution in [2.45, 2.75) is 57.4 Å². The van der Waals surface area contributed by atoms with Gasteiger partial charge in [0.2, 0.25) is 0 Å². The minimum Gasteiger partial charge on any atom is -0.398 e. The lowest BCUT2D eigenvalue weighted by Crippen LogP contribution is -2.34. The second kappa shape index (κ2) is 5.51. The molecule has 3 rings (SSSR count). The van der Waals surface area contributed by atoms with E-state index in [1.807, 2.05) is 12.1 Å². The van der Waals surface area contributed by atoms with E-state index in [2.05, 4.69) is 24.0 Å². The average molecular weight is 260 g/mol. The normalized spacial score (nSPS) is 27.1. The highest BCUT2D eigenvalue weighted by Gasteiger charge is 2.33. The molecule has 3 heteroatoms. The van der Waals surface area contributed by atoms with Gasteiger partial charge < -0.3 is 10.5 Å². The second-order valence-corrected chi connectivity index (χ2v) is 6.01. The molecule has 2 unspecified atom stereocenters. The molecule has 1 aromatic rings. The van der Waals surface area contributed by atoms with Crippen LogP contribution in [-0.2, 0) is 11.3 Å². The molecule has 1 saturated heterocycles. The maximum Gasteiger partial charge on any atom is 0.0706 e. The van der Waals surface area contributed by atoms with Crippen LogP contribution in [0.2, 0.25) is 0 Å². The van der Waals surface area contributed by atoms with E-state index in [0.29, 0.717) is 12.2 Å². The van der Waals surface area contributed by atoms with Crippen LogP contribution < -0.4 is 5.73 Å². The first-order chi connectivity index (χ1) is 9.22. The molecule has 0 radical (unpaired) electrons. The number of nitrogens with two attached hydrogens (primary N) is 1. The molecule has 3 nitrogen and oxygen atoms in total. The van der Waals surface area contributed by atoms with Gasteiger partial charge >= 0.3 is 0 Å². The van der Waals surface area contributed by atoms with Gasteiger partial charge in [0.25, 0.3) is 0 Å². The molecule has 2 N–H and O–H groups in total. The van der Waals surface area contributed by atoms with Crippen LogP contribution in [0.4, 0.5) is 5.69 Å². The smallest absolute Gasteiger partial charge is 0.0706 e. The predicted octanol–water partition coefficient (Wildman–Crippen LogP) is 2.80. The highest BCUT2D eigenvalue weighted by Crippen LogP contribution is 2.31. The van der Waals surface area contributed by atoms with Gasteiger partial charge in [0.15, 0.2) is 0 Å². The quantitative estimate of drug-likeness (QED) is 0.827. The highest BCUT2D eigenvalue weighted by molar-refractivity contribution is 5.46. The van der Waals surface area contributed by atoms with Gasteiger partial charge in [0.1, 0.15) is 0 Å². The standard InChI is InChI=1S/C16H24N2O/c1-12-6-9-15(19-12)11-18(14-7-8-14)10-13-4-2-3-5-16(13)17/h2-5,12,14-15H,6-11,17H2,1H3. The summed E-state index contributed by atoms with van der Waals surface area (Å²) in [7, 11) is 0. The van der Waals surface area contributed by atoms with Gasteiger partial charge in [0.05, 0.1) is 12.2 Å². The van der Waals surface area contributed by atoms with Crippen molar-refractivity contribution < 1.29 is 4.74 Å². The SMILES string of the molecule is CC1CCC(CN(Cc2ccccc2N)C2CC2)O1. The first-order valence-corrected chi connectivity index (χ1v) is 7.45. The van der Waals surface area contributed by atoms with Gasteiger partial charge in [-0.05, 0) is 44.2 Å². The molecule has 104 valence electrons. The van der Waals surface area contributed by atoms with Gasteiger partial charge in [-0.25, -0.2) is 0 Å². The molecule has 0 bridgehead atoms. The summed E-state index contributed by atoms with van der Waals surface area (Å²) in [4.78, 5) is 2.56. The second-order valence-electron chi connectivity index (χ2n) is 6.01. The van der Waals surface area contributed by atoms with Gasteiger partial charge in [-0.2, -0.15) is 0 Å². The van der Waals surface area contributed by atoms with Crippen LogP contribution in [0.1, 0.15) is 38.2 Å². The number of hydrogen-bond donors (Lipinski definition) is 1. The van der Waals surface area contributed by atoms with E-state index in [1.165, 1.54) is 31.2 Å². The largest absolute Gasteiger partial charge is 0.398 e. The molecule has 0 aromatic heterocycles. The summed E-state index contributed by atoms with van der Waals surface area (Å²) in [5.41, 5.74) is 8.22. The first-order valence-electron chi connectivity index (χ1n) is 7.45. The fourth-order valence-electron chi connectivity index (χ4n) is 2.96. The third kappa shape index (κ3) is 3.28. The lowest BCUT2D eigenvalue weighted by Gasteiger charge is -2.26. The Labute approximate surface area is 115 Å². The number of para-hydroxylation sites is 1. The zero-order valence-electron chi connectivity index (χ0n) is 11.7. The zero-order valence-corrected chi connectivity index (χ0v) is 11.7.